The first-order valence-corrected chi connectivity index (χ1v) is 6.12. The van der Waals surface area contributed by atoms with Crippen molar-refractivity contribution in [3.8, 4) is 0 Å². The first-order chi connectivity index (χ1) is 9.78. The smallest absolute Gasteiger partial charge is 0.389 e. The molecule has 0 amide bonds. The van der Waals surface area contributed by atoms with Crippen molar-refractivity contribution >= 4 is 12.0 Å². The lowest BCUT2D eigenvalue weighted by molar-refractivity contribution is -0.138. The van der Waals surface area contributed by atoms with Crippen molar-refractivity contribution < 1.29 is 32.2 Å². The van der Waals surface area contributed by atoms with Gasteiger partial charge < -0.3 is 9.84 Å². The molecule has 3 nitrogen and oxygen atoms in total. The zero-order valence-electron chi connectivity index (χ0n) is 11.0. The number of aliphatic carboxylic acids is 1. The van der Waals surface area contributed by atoms with Crippen molar-refractivity contribution in [3.05, 3.63) is 41.2 Å². The van der Waals surface area contributed by atoms with Gasteiger partial charge in [-0.1, -0.05) is 12.1 Å². The van der Waals surface area contributed by atoms with Crippen molar-refractivity contribution in [3.63, 3.8) is 0 Å². The molecule has 0 aliphatic rings. The Labute approximate surface area is 118 Å². The van der Waals surface area contributed by atoms with Crippen molar-refractivity contribution in [2.75, 3.05) is 6.61 Å². The molecule has 7 heteroatoms. The fraction of sp³-hybridized carbons (Fsp3) is 0.357. The molecule has 0 radical (unpaired) electrons. The van der Waals surface area contributed by atoms with Crippen LogP contribution < -0.4 is 0 Å². The molecule has 0 aromatic heterocycles. The van der Waals surface area contributed by atoms with Gasteiger partial charge in [0.05, 0.1) is 6.61 Å². The summed E-state index contributed by atoms with van der Waals surface area (Å²) in [5.41, 5.74) is 0.574. The maximum absolute atomic E-state index is 13.6. The second-order valence-corrected chi connectivity index (χ2v) is 4.29. The minimum absolute atomic E-state index is 0.111. The summed E-state index contributed by atoms with van der Waals surface area (Å²) in [6.07, 6.45) is -3.22. The van der Waals surface area contributed by atoms with Gasteiger partial charge in [-0.15, -0.1) is 0 Å². The molecule has 0 fully saturated rings. The van der Waals surface area contributed by atoms with Crippen LogP contribution in [-0.2, 0) is 16.1 Å². The molecule has 1 aromatic rings. The van der Waals surface area contributed by atoms with E-state index in [9.17, 15) is 22.4 Å². The van der Waals surface area contributed by atoms with Gasteiger partial charge in [0.25, 0.3) is 0 Å². The highest BCUT2D eigenvalue weighted by Crippen LogP contribution is 2.21. The number of halogens is 4. The van der Waals surface area contributed by atoms with Crippen LogP contribution in [0.2, 0.25) is 0 Å². The third-order valence-electron chi connectivity index (χ3n) is 2.50. The summed E-state index contributed by atoms with van der Waals surface area (Å²) in [5.74, 6) is -1.74. The second-order valence-electron chi connectivity index (χ2n) is 4.29. The summed E-state index contributed by atoms with van der Waals surface area (Å²) in [4.78, 5) is 10.3. The monoisotopic (exact) mass is 306 g/mol. The average Bonchev–Trinajstić information content (AvgIpc) is 2.36. The standard InChI is InChI=1S/C14H14F4O3/c15-12-8-10(3-5-13(19)20)2-4-11(12)9-21-7-1-6-14(16,17)18/h2-5,8H,1,6-7,9H2,(H,19,20)/b5-3+. The SMILES string of the molecule is O=C(O)/C=C/c1ccc(COCCCC(F)(F)F)c(F)c1. The number of benzene rings is 1. The highest BCUT2D eigenvalue weighted by atomic mass is 19.4. The van der Waals surface area contributed by atoms with Gasteiger partial charge in [-0.2, -0.15) is 13.2 Å². The Hall–Kier alpha value is -1.89. The molecule has 1 N–H and O–H groups in total. The van der Waals surface area contributed by atoms with Crippen LogP contribution in [-0.4, -0.2) is 23.9 Å². The normalized spacial score (nSPS) is 12.0. The van der Waals surface area contributed by atoms with Crippen LogP contribution in [0.15, 0.2) is 24.3 Å². The highest BCUT2D eigenvalue weighted by molar-refractivity contribution is 5.85. The zero-order chi connectivity index (χ0) is 15.9. The van der Waals surface area contributed by atoms with E-state index in [1.165, 1.54) is 18.2 Å². The summed E-state index contributed by atoms with van der Waals surface area (Å²) in [5, 5.41) is 8.44. The number of ether oxygens (including phenoxy) is 1. The van der Waals surface area contributed by atoms with Gasteiger partial charge in [0.2, 0.25) is 0 Å². The van der Waals surface area contributed by atoms with Crippen molar-refractivity contribution in [1.29, 1.82) is 0 Å². The van der Waals surface area contributed by atoms with E-state index in [2.05, 4.69) is 0 Å². The highest BCUT2D eigenvalue weighted by Gasteiger charge is 2.25. The largest absolute Gasteiger partial charge is 0.478 e. The fourth-order valence-electron chi connectivity index (χ4n) is 1.51. The van der Waals surface area contributed by atoms with Gasteiger partial charge in [-0.05, 0) is 24.1 Å². The molecule has 1 aromatic carbocycles. The minimum Gasteiger partial charge on any atom is -0.478 e. The third kappa shape index (κ3) is 7.45. The molecule has 0 saturated heterocycles. The Balaban J connectivity index is 2.44. The van der Waals surface area contributed by atoms with Crippen LogP contribution in [0.4, 0.5) is 17.6 Å². The Bertz CT molecular complexity index is 509. The molecule has 0 bridgehead atoms. The number of alkyl halides is 3. The lowest BCUT2D eigenvalue weighted by Gasteiger charge is -2.08. The van der Waals surface area contributed by atoms with E-state index in [4.69, 9.17) is 9.84 Å². The molecule has 0 atom stereocenters. The van der Waals surface area contributed by atoms with Gasteiger partial charge in [0, 0.05) is 24.7 Å². The number of hydrogen-bond acceptors (Lipinski definition) is 2. The molecule has 1 rings (SSSR count). The van der Waals surface area contributed by atoms with E-state index >= 15 is 0 Å². The van der Waals surface area contributed by atoms with Crippen LogP contribution in [0.25, 0.3) is 6.08 Å². The summed E-state index contributed by atoms with van der Waals surface area (Å²) >= 11 is 0. The summed E-state index contributed by atoms with van der Waals surface area (Å²) in [6, 6.07) is 4.03. The van der Waals surface area contributed by atoms with Crippen LogP contribution in [0.3, 0.4) is 0 Å². The topological polar surface area (TPSA) is 46.5 Å². The van der Waals surface area contributed by atoms with Gasteiger partial charge in [0.15, 0.2) is 0 Å². The van der Waals surface area contributed by atoms with Gasteiger partial charge in [-0.25, -0.2) is 9.18 Å². The maximum Gasteiger partial charge on any atom is 0.389 e. The molecule has 0 spiro atoms. The van der Waals surface area contributed by atoms with Crippen molar-refractivity contribution in [2.24, 2.45) is 0 Å². The van der Waals surface area contributed by atoms with E-state index in [1.54, 1.807) is 0 Å². The summed E-state index contributed by atoms with van der Waals surface area (Å²) < 4.78 is 54.3. The van der Waals surface area contributed by atoms with Gasteiger partial charge in [-0.3, -0.25) is 0 Å². The summed E-state index contributed by atoms with van der Waals surface area (Å²) in [7, 11) is 0. The van der Waals surface area contributed by atoms with Crippen LogP contribution in [0, 0.1) is 5.82 Å². The number of carbonyl (C=O) groups is 1. The Morgan fingerprint density at radius 2 is 2.05 bits per heavy atom. The lowest BCUT2D eigenvalue weighted by Crippen LogP contribution is -2.09. The lowest BCUT2D eigenvalue weighted by atomic mass is 10.1. The van der Waals surface area contributed by atoms with Gasteiger partial charge >= 0.3 is 12.1 Å². The number of carboxylic acid groups (broad SMARTS) is 1. The minimum atomic E-state index is -4.22. The predicted octanol–water partition coefficient (Wildman–Crippen LogP) is 3.78. The quantitative estimate of drug-likeness (QED) is 0.474. The van der Waals surface area contributed by atoms with Crippen LogP contribution in [0.5, 0.6) is 0 Å². The first kappa shape index (κ1) is 17.2. The number of hydrogen-bond donors (Lipinski definition) is 1. The molecule has 0 aliphatic carbocycles. The van der Waals surface area contributed by atoms with Crippen LogP contribution in [0.1, 0.15) is 24.0 Å². The molecule has 21 heavy (non-hydrogen) atoms. The Morgan fingerprint density at radius 3 is 2.62 bits per heavy atom. The first-order valence-electron chi connectivity index (χ1n) is 6.12. The van der Waals surface area contributed by atoms with E-state index < -0.39 is 24.4 Å². The molecule has 0 unspecified atom stereocenters. The third-order valence-corrected chi connectivity index (χ3v) is 2.50. The molecular formula is C14H14F4O3. The van der Waals surface area contributed by atoms with Gasteiger partial charge in [0.1, 0.15) is 5.82 Å². The number of carboxylic acids is 1. The van der Waals surface area contributed by atoms with E-state index in [0.717, 1.165) is 12.1 Å². The van der Waals surface area contributed by atoms with Crippen LogP contribution >= 0.6 is 0 Å². The average molecular weight is 306 g/mol. The molecular weight excluding hydrogens is 292 g/mol. The van der Waals surface area contributed by atoms with E-state index in [-0.39, 0.29) is 25.2 Å². The summed E-state index contributed by atoms with van der Waals surface area (Å²) in [6.45, 7) is -0.244. The maximum atomic E-state index is 13.6. The zero-order valence-corrected chi connectivity index (χ0v) is 11.0. The molecule has 116 valence electrons. The second kappa shape index (κ2) is 7.78. The van der Waals surface area contributed by atoms with Crippen molar-refractivity contribution in [1.82, 2.24) is 0 Å². The molecule has 0 aliphatic heterocycles. The number of rotatable bonds is 7. The van der Waals surface area contributed by atoms with Crippen molar-refractivity contribution in [2.45, 2.75) is 25.6 Å². The predicted molar refractivity (Wildman–Crippen MR) is 68.0 cm³/mol. The van der Waals surface area contributed by atoms with E-state index in [0.29, 0.717) is 5.56 Å². The molecule has 0 saturated carbocycles. The Kier molecular flexibility index (Phi) is 6.36. The van der Waals surface area contributed by atoms with E-state index in [1.807, 2.05) is 0 Å². The fourth-order valence-corrected chi connectivity index (χ4v) is 1.51. The Morgan fingerprint density at radius 1 is 1.33 bits per heavy atom. The molecule has 0 heterocycles.